The van der Waals surface area contributed by atoms with E-state index >= 15 is 0 Å². The van der Waals surface area contributed by atoms with E-state index in [1.807, 2.05) is 34.6 Å². The molecule has 0 amide bonds. The first-order valence-corrected chi connectivity index (χ1v) is 12.4. The van der Waals surface area contributed by atoms with Gasteiger partial charge in [-0.25, -0.2) is 9.59 Å². The molecule has 0 atom stereocenters. The van der Waals surface area contributed by atoms with Crippen molar-refractivity contribution in [2.45, 2.75) is 40.2 Å². The molecule has 0 aliphatic rings. The van der Waals surface area contributed by atoms with Gasteiger partial charge in [0.15, 0.2) is 17.3 Å². The summed E-state index contributed by atoms with van der Waals surface area (Å²) in [5.41, 5.74) is 0.596. The first kappa shape index (κ1) is 28.4. The van der Waals surface area contributed by atoms with Crippen molar-refractivity contribution in [3.63, 3.8) is 0 Å². The number of ketones is 1. The van der Waals surface area contributed by atoms with Gasteiger partial charge in [0, 0.05) is 11.1 Å². The Bertz CT molecular complexity index is 1260. The van der Waals surface area contributed by atoms with Gasteiger partial charge < -0.3 is 24.3 Å². The number of Topliss-reactive ketones (excluding diaryl/α,β-unsaturated/α-hetero) is 1. The molecule has 0 saturated carbocycles. The summed E-state index contributed by atoms with van der Waals surface area (Å²) in [4.78, 5) is 38.5. The Balaban J connectivity index is 1.86. The van der Waals surface area contributed by atoms with Crippen LogP contribution >= 0.6 is 0 Å². The van der Waals surface area contributed by atoms with Crippen LogP contribution in [0.15, 0.2) is 66.7 Å². The predicted molar refractivity (Wildman–Crippen MR) is 144 cm³/mol. The van der Waals surface area contributed by atoms with Crippen molar-refractivity contribution in [3.05, 3.63) is 83.4 Å². The predicted octanol–water partition coefficient (Wildman–Crippen LogP) is 5.49. The van der Waals surface area contributed by atoms with Crippen molar-refractivity contribution in [2.24, 2.45) is 0 Å². The Morgan fingerprint density at radius 3 is 1.55 bits per heavy atom. The highest BCUT2D eigenvalue weighted by atomic mass is 16.6. The van der Waals surface area contributed by atoms with E-state index in [4.69, 9.17) is 18.9 Å². The summed E-state index contributed by atoms with van der Waals surface area (Å²) in [6.07, 6.45) is 0. The highest BCUT2D eigenvalue weighted by Crippen LogP contribution is 2.31. The van der Waals surface area contributed by atoms with Crippen LogP contribution in [0.25, 0.3) is 0 Å². The number of ether oxygens (including phenoxy) is 4. The molecule has 200 valence electrons. The second kappa shape index (κ2) is 12.9. The standard InChI is InChI=1S/C30H33NO7/c1-6-35-23-13-8-20(9-14-23)28(33)37-26-17-12-22(25(32)19-31-30(3,4)5)18-27(26)38-29(34)21-10-15-24(16-11-21)36-7-2/h8-18,31H,6-7,19H2,1-5H3. The summed E-state index contributed by atoms with van der Waals surface area (Å²) in [6, 6.07) is 17.3. The monoisotopic (exact) mass is 519 g/mol. The average molecular weight is 520 g/mol. The van der Waals surface area contributed by atoms with Crippen molar-refractivity contribution < 1.29 is 33.3 Å². The van der Waals surface area contributed by atoms with Crippen molar-refractivity contribution >= 4 is 17.7 Å². The summed E-state index contributed by atoms with van der Waals surface area (Å²) >= 11 is 0. The molecular weight excluding hydrogens is 486 g/mol. The van der Waals surface area contributed by atoms with Crippen LogP contribution in [0.4, 0.5) is 0 Å². The van der Waals surface area contributed by atoms with Crippen LogP contribution in [0.3, 0.4) is 0 Å². The maximum atomic E-state index is 12.9. The first-order chi connectivity index (χ1) is 18.1. The second-order valence-electron chi connectivity index (χ2n) is 9.38. The molecule has 0 bridgehead atoms. The molecule has 8 heteroatoms. The summed E-state index contributed by atoms with van der Waals surface area (Å²) in [6.45, 7) is 10.7. The molecule has 0 heterocycles. The zero-order valence-electron chi connectivity index (χ0n) is 22.3. The molecule has 0 aliphatic carbocycles. The molecule has 0 spiro atoms. The van der Waals surface area contributed by atoms with Crippen LogP contribution in [0.5, 0.6) is 23.0 Å². The summed E-state index contributed by atoms with van der Waals surface area (Å²) in [5, 5.41) is 3.14. The molecule has 3 rings (SSSR count). The number of rotatable bonds is 11. The van der Waals surface area contributed by atoms with Gasteiger partial charge in [0.1, 0.15) is 11.5 Å². The smallest absolute Gasteiger partial charge is 0.343 e. The van der Waals surface area contributed by atoms with E-state index < -0.39 is 11.9 Å². The van der Waals surface area contributed by atoms with Crippen LogP contribution in [0.2, 0.25) is 0 Å². The molecule has 0 saturated heterocycles. The first-order valence-electron chi connectivity index (χ1n) is 12.4. The molecule has 8 nitrogen and oxygen atoms in total. The van der Waals surface area contributed by atoms with Crippen LogP contribution in [-0.2, 0) is 0 Å². The number of carbonyl (C=O) groups excluding carboxylic acids is 3. The number of benzene rings is 3. The Kier molecular flexibility index (Phi) is 9.62. The van der Waals surface area contributed by atoms with Gasteiger partial charge in [0.05, 0.1) is 30.9 Å². The third-order valence-corrected chi connectivity index (χ3v) is 5.25. The molecule has 3 aromatic rings. The lowest BCUT2D eigenvalue weighted by atomic mass is 10.1. The number of nitrogens with one attached hydrogen (secondary N) is 1. The quantitative estimate of drug-likeness (QED) is 0.202. The summed E-state index contributed by atoms with van der Waals surface area (Å²) in [5.74, 6) is -0.339. The minimum atomic E-state index is -0.677. The summed E-state index contributed by atoms with van der Waals surface area (Å²) in [7, 11) is 0. The topological polar surface area (TPSA) is 100 Å². The van der Waals surface area contributed by atoms with Crippen molar-refractivity contribution in [2.75, 3.05) is 19.8 Å². The SMILES string of the molecule is CCOc1ccc(C(=O)Oc2ccc(C(=O)CNC(C)(C)C)cc2OC(=O)c2ccc(OCC)cc2)cc1. The van der Waals surface area contributed by atoms with Gasteiger partial charge in [-0.15, -0.1) is 0 Å². The lowest BCUT2D eigenvalue weighted by Crippen LogP contribution is -2.39. The molecule has 0 fully saturated rings. The van der Waals surface area contributed by atoms with Crippen molar-refractivity contribution in [3.8, 4) is 23.0 Å². The normalized spacial score (nSPS) is 11.0. The van der Waals surface area contributed by atoms with Crippen LogP contribution in [0.1, 0.15) is 65.7 Å². The molecule has 0 aromatic heterocycles. The van der Waals surface area contributed by atoms with Crippen LogP contribution in [-0.4, -0.2) is 43.0 Å². The van der Waals surface area contributed by atoms with Crippen molar-refractivity contribution in [1.82, 2.24) is 5.32 Å². The average Bonchev–Trinajstić information content (AvgIpc) is 2.89. The van der Waals surface area contributed by atoms with Gasteiger partial charge in [-0.1, -0.05) is 0 Å². The Morgan fingerprint density at radius 2 is 1.11 bits per heavy atom. The van der Waals surface area contributed by atoms with E-state index in [-0.39, 0.29) is 40.5 Å². The van der Waals surface area contributed by atoms with E-state index in [2.05, 4.69) is 5.32 Å². The van der Waals surface area contributed by atoms with Gasteiger partial charge in [-0.2, -0.15) is 0 Å². The Hall–Kier alpha value is -4.17. The number of esters is 2. The van der Waals surface area contributed by atoms with E-state index in [0.29, 0.717) is 30.3 Å². The second-order valence-corrected chi connectivity index (χ2v) is 9.38. The molecule has 1 N–H and O–H groups in total. The number of carbonyl (C=O) groups is 3. The fraction of sp³-hybridized carbons (Fsp3) is 0.300. The highest BCUT2D eigenvalue weighted by Gasteiger charge is 2.20. The lowest BCUT2D eigenvalue weighted by molar-refractivity contribution is 0.0682. The zero-order chi connectivity index (χ0) is 27.7. The Morgan fingerprint density at radius 1 is 0.658 bits per heavy atom. The van der Waals surface area contributed by atoms with Crippen LogP contribution < -0.4 is 24.3 Å². The van der Waals surface area contributed by atoms with Crippen LogP contribution in [0, 0.1) is 0 Å². The minimum Gasteiger partial charge on any atom is -0.494 e. The minimum absolute atomic E-state index is 0.00324. The third kappa shape index (κ3) is 8.18. The summed E-state index contributed by atoms with van der Waals surface area (Å²) < 4.78 is 22.0. The van der Waals surface area contributed by atoms with Gasteiger partial charge in [0.25, 0.3) is 0 Å². The molecule has 0 radical (unpaired) electrons. The molecular formula is C30H33NO7. The lowest BCUT2D eigenvalue weighted by Gasteiger charge is -2.20. The van der Waals surface area contributed by atoms with E-state index in [1.54, 1.807) is 48.5 Å². The number of hydrogen-bond donors (Lipinski definition) is 1. The molecule has 0 unspecified atom stereocenters. The van der Waals surface area contributed by atoms with E-state index in [1.165, 1.54) is 18.2 Å². The number of hydrogen-bond acceptors (Lipinski definition) is 8. The largest absolute Gasteiger partial charge is 0.494 e. The molecule has 0 aliphatic heterocycles. The zero-order valence-corrected chi connectivity index (χ0v) is 22.3. The third-order valence-electron chi connectivity index (χ3n) is 5.25. The maximum Gasteiger partial charge on any atom is 0.343 e. The van der Waals surface area contributed by atoms with Crippen molar-refractivity contribution in [1.29, 1.82) is 0 Å². The van der Waals surface area contributed by atoms with Gasteiger partial charge in [-0.05, 0) is 101 Å². The molecule has 38 heavy (non-hydrogen) atoms. The maximum absolute atomic E-state index is 12.9. The fourth-order valence-electron chi connectivity index (χ4n) is 3.32. The van der Waals surface area contributed by atoms with Gasteiger partial charge in [0.2, 0.25) is 0 Å². The Labute approximate surface area is 222 Å². The van der Waals surface area contributed by atoms with Gasteiger partial charge >= 0.3 is 11.9 Å². The van der Waals surface area contributed by atoms with Gasteiger partial charge in [-0.3, -0.25) is 4.79 Å². The fourth-order valence-corrected chi connectivity index (χ4v) is 3.32. The highest BCUT2D eigenvalue weighted by molar-refractivity contribution is 5.99. The van der Waals surface area contributed by atoms with E-state index in [9.17, 15) is 14.4 Å². The van der Waals surface area contributed by atoms with E-state index in [0.717, 1.165) is 0 Å². The molecule has 3 aromatic carbocycles.